The molecule has 2 nitrogen and oxygen atoms in total. The second-order valence-corrected chi connectivity index (χ2v) is 12.5. The van der Waals surface area contributed by atoms with E-state index in [1.165, 1.54) is 68.1 Å². The topological polar surface area (TPSA) is 18.8 Å². The van der Waals surface area contributed by atoms with Crippen LogP contribution in [0.1, 0.15) is 92.5 Å². The van der Waals surface area contributed by atoms with Gasteiger partial charge in [0.1, 0.15) is 0 Å². The van der Waals surface area contributed by atoms with Crippen molar-refractivity contribution < 1.29 is 8.80 Å². The van der Waals surface area contributed by atoms with Crippen LogP contribution in [-0.4, -0.2) is 22.9 Å². The minimum Gasteiger partial charge on any atom is -0.354 e. The monoisotopic (exact) mass is 566 g/mol. The van der Waals surface area contributed by atoms with E-state index in [9.17, 15) is 0 Å². The number of nitrogens with one attached hydrogen (secondary N) is 1. The molecule has 2 aliphatic carbocycles. The molecule has 0 saturated heterocycles. The van der Waals surface area contributed by atoms with Gasteiger partial charge in [-0.3, -0.25) is 0 Å². The molecule has 0 unspecified atom stereocenters. The van der Waals surface area contributed by atoms with E-state index in [0.29, 0.717) is 11.8 Å². The highest BCUT2D eigenvalue weighted by Gasteiger charge is 2.41. The first-order valence-electron chi connectivity index (χ1n) is 16.3. The van der Waals surface area contributed by atoms with Gasteiger partial charge < -0.3 is 4.98 Å². The maximum absolute atomic E-state index is 15.4. The maximum atomic E-state index is 15.4. The Morgan fingerprint density at radius 1 is 0.674 bits per heavy atom. The molecule has 1 N–H and O–H groups in total. The van der Waals surface area contributed by atoms with Crippen LogP contribution >= 0.6 is 0 Å². The number of halogens is 1. The number of nitrogens with zero attached hydrogens (tertiary/aromatic N) is 1. The molecule has 4 heteroatoms. The lowest BCUT2D eigenvalue weighted by atomic mass is 9.79. The zero-order chi connectivity index (χ0) is 29.0. The number of hydrogen-bond acceptors (Lipinski definition) is 0. The van der Waals surface area contributed by atoms with Crippen LogP contribution in [0.25, 0.3) is 16.8 Å². The Morgan fingerprint density at radius 2 is 1.23 bits per heavy atom. The van der Waals surface area contributed by atoms with E-state index >= 15 is 4.32 Å². The summed E-state index contributed by atoms with van der Waals surface area (Å²) >= 11 is 0. The molecule has 43 heavy (non-hydrogen) atoms. The van der Waals surface area contributed by atoms with E-state index in [2.05, 4.69) is 89.9 Å². The van der Waals surface area contributed by atoms with Gasteiger partial charge in [0.2, 0.25) is 0 Å². The predicted molar refractivity (Wildman–Crippen MR) is 177 cm³/mol. The van der Waals surface area contributed by atoms with Crippen molar-refractivity contribution in [3.8, 4) is 11.3 Å². The molecule has 3 aromatic carbocycles. The van der Waals surface area contributed by atoms with Gasteiger partial charge in [0.05, 0.1) is 11.3 Å². The largest absolute Gasteiger partial charge is 0.792 e. The average Bonchev–Trinajstić information content (AvgIpc) is 3.70. The Bertz CT molecular complexity index is 1640. The third-order valence-corrected chi connectivity index (χ3v) is 9.81. The van der Waals surface area contributed by atoms with Crippen molar-refractivity contribution >= 4 is 19.0 Å². The summed E-state index contributed by atoms with van der Waals surface area (Å²) in [6.07, 6.45) is 14.5. The highest BCUT2D eigenvalue weighted by Crippen LogP contribution is 2.45. The zero-order valence-corrected chi connectivity index (χ0v) is 24.9. The van der Waals surface area contributed by atoms with Crippen molar-refractivity contribution in [2.45, 2.75) is 70.1 Å². The SMILES string of the molecule is F[B][N+]1=C(c2ccccc2)C=C(C2CCCCC2)/C1=C(\c1ccccc1)c1[nH]c(-c2ccccc2)cc1C1CCCCC1. The first-order chi connectivity index (χ1) is 21.3. The minimum atomic E-state index is 0.410. The molecule has 0 spiro atoms. The van der Waals surface area contributed by atoms with E-state index in [4.69, 9.17) is 0 Å². The average molecular weight is 567 g/mol. The highest BCUT2D eigenvalue weighted by atomic mass is 19.1. The molecule has 2 fully saturated rings. The summed E-state index contributed by atoms with van der Waals surface area (Å²) in [5, 5.41) is 0. The van der Waals surface area contributed by atoms with Gasteiger partial charge in [-0.05, 0) is 72.4 Å². The normalized spacial score (nSPS) is 19.4. The molecule has 4 aromatic rings. The Balaban J connectivity index is 1.53. The van der Waals surface area contributed by atoms with Gasteiger partial charge in [0.15, 0.2) is 11.4 Å². The first-order valence-corrected chi connectivity index (χ1v) is 16.3. The molecule has 7 rings (SSSR count). The minimum absolute atomic E-state index is 0.410. The summed E-state index contributed by atoms with van der Waals surface area (Å²) < 4.78 is 17.3. The van der Waals surface area contributed by atoms with E-state index in [1.807, 2.05) is 22.7 Å². The van der Waals surface area contributed by atoms with E-state index in [1.54, 1.807) is 0 Å². The van der Waals surface area contributed by atoms with Crippen molar-refractivity contribution in [1.82, 2.24) is 4.98 Å². The van der Waals surface area contributed by atoms with E-state index in [0.717, 1.165) is 60.0 Å². The molecule has 3 aliphatic rings. The first kappa shape index (κ1) is 27.9. The zero-order valence-electron chi connectivity index (χ0n) is 24.9. The van der Waals surface area contributed by atoms with Gasteiger partial charge >= 0.3 is 7.69 Å². The van der Waals surface area contributed by atoms with Crippen LogP contribution in [-0.2, 0) is 0 Å². The van der Waals surface area contributed by atoms with Crippen LogP contribution in [0.3, 0.4) is 0 Å². The fourth-order valence-corrected chi connectivity index (χ4v) is 7.66. The fourth-order valence-electron chi connectivity index (χ4n) is 7.66. The molecule has 2 heterocycles. The van der Waals surface area contributed by atoms with Crippen LogP contribution in [0.5, 0.6) is 0 Å². The van der Waals surface area contributed by atoms with Crippen LogP contribution in [0.4, 0.5) is 4.32 Å². The number of aromatic nitrogens is 1. The number of hydrogen-bond donors (Lipinski definition) is 1. The molecule has 1 aromatic heterocycles. The van der Waals surface area contributed by atoms with E-state index in [-0.39, 0.29) is 0 Å². The molecule has 0 bridgehead atoms. The number of H-pyrrole nitrogens is 1. The molecule has 215 valence electrons. The summed E-state index contributed by atoms with van der Waals surface area (Å²) in [7, 11) is 0.800. The van der Waals surface area contributed by atoms with Gasteiger partial charge in [-0.15, -0.1) is 0 Å². The quantitative estimate of drug-likeness (QED) is 0.215. The van der Waals surface area contributed by atoms with Gasteiger partial charge in [0, 0.05) is 22.9 Å². The lowest BCUT2D eigenvalue weighted by molar-refractivity contribution is -0.320. The standard InChI is InChI=1S/C39H40BFN2/c41-40-43-36(31-22-12-4-13-23-31)27-34(29-18-8-2-9-19-29)39(43)37(32-24-14-5-15-25-32)38-33(28-16-6-1-7-17-28)26-35(42-38)30-20-10-3-11-21-30/h3-5,10-15,20-29,42H,1-2,6-9,16-19H2/q+1. The molecule has 1 radical (unpaired) electrons. The summed E-state index contributed by atoms with van der Waals surface area (Å²) in [6.45, 7) is 0. The van der Waals surface area contributed by atoms with Crippen molar-refractivity contribution in [1.29, 1.82) is 0 Å². The van der Waals surface area contributed by atoms with Gasteiger partial charge in [-0.2, -0.15) is 0 Å². The Hall–Kier alpha value is -3.92. The number of benzene rings is 3. The predicted octanol–water partition coefficient (Wildman–Crippen LogP) is 10.0. The third-order valence-electron chi connectivity index (χ3n) is 9.81. The van der Waals surface area contributed by atoms with Gasteiger partial charge in [0.25, 0.3) is 0 Å². The molecular weight excluding hydrogens is 526 g/mol. The van der Waals surface area contributed by atoms with Crippen LogP contribution in [0.15, 0.2) is 114 Å². The number of rotatable bonds is 7. The fraction of sp³-hybridized carbons (Fsp3) is 0.308. The second-order valence-electron chi connectivity index (χ2n) is 12.5. The summed E-state index contributed by atoms with van der Waals surface area (Å²) in [5.41, 5.74) is 11.3. The molecule has 0 amide bonds. The summed E-state index contributed by atoms with van der Waals surface area (Å²) in [6, 6.07) is 34.1. The lowest BCUT2D eigenvalue weighted by Crippen LogP contribution is -2.22. The van der Waals surface area contributed by atoms with E-state index < -0.39 is 0 Å². The van der Waals surface area contributed by atoms with Crippen LogP contribution in [0.2, 0.25) is 0 Å². The van der Waals surface area contributed by atoms with Crippen molar-refractivity contribution in [3.05, 3.63) is 137 Å². The maximum Gasteiger partial charge on any atom is 0.792 e. The van der Waals surface area contributed by atoms with Crippen molar-refractivity contribution in [3.63, 3.8) is 0 Å². The molecule has 2 saturated carbocycles. The molecule has 0 atom stereocenters. The highest BCUT2D eigenvalue weighted by molar-refractivity contribution is 6.23. The summed E-state index contributed by atoms with van der Waals surface area (Å²) in [5.74, 6) is 0.897. The number of aromatic amines is 1. The van der Waals surface area contributed by atoms with Crippen LogP contribution < -0.4 is 0 Å². The van der Waals surface area contributed by atoms with Crippen LogP contribution in [0, 0.1) is 5.92 Å². The molecular formula is C39H40BFN2+. The second kappa shape index (κ2) is 12.8. The lowest BCUT2D eigenvalue weighted by Gasteiger charge is -2.25. The van der Waals surface area contributed by atoms with Crippen molar-refractivity contribution in [2.75, 3.05) is 0 Å². The Morgan fingerprint density at radius 3 is 1.84 bits per heavy atom. The Labute approximate surface area is 256 Å². The summed E-state index contributed by atoms with van der Waals surface area (Å²) in [4.78, 5) is 3.94. The van der Waals surface area contributed by atoms with Gasteiger partial charge in [-0.1, -0.05) is 117 Å². The third kappa shape index (κ3) is 5.60. The van der Waals surface area contributed by atoms with Gasteiger partial charge in [-0.25, -0.2) is 8.80 Å². The Kier molecular flexibility index (Phi) is 8.27. The number of allylic oxidation sites excluding steroid dienone is 2. The smallest absolute Gasteiger partial charge is 0.354 e. The van der Waals surface area contributed by atoms with Crippen molar-refractivity contribution in [2.24, 2.45) is 5.92 Å². The molecule has 1 aliphatic heterocycles.